The summed E-state index contributed by atoms with van der Waals surface area (Å²) in [6.07, 6.45) is 5.12. The first-order chi connectivity index (χ1) is 12.3. The molecule has 1 saturated carbocycles. The summed E-state index contributed by atoms with van der Waals surface area (Å²) in [6.45, 7) is 3.14. The number of ketones is 1. The number of benzene rings is 1. The highest BCUT2D eigenvalue weighted by molar-refractivity contribution is 7.89. The van der Waals surface area contributed by atoms with Crippen molar-refractivity contribution in [2.45, 2.75) is 62.8 Å². The molecule has 0 bridgehead atoms. The summed E-state index contributed by atoms with van der Waals surface area (Å²) in [7, 11) is -3.80. The number of nitrogens with zero attached hydrogens (tertiary/aromatic N) is 2. The van der Waals surface area contributed by atoms with Gasteiger partial charge < -0.3 is 4.52 Å². The van der Waals surface area contributed by atoms with Crippen LogP contribution in [0, 0.1) is 6.92 Å². The maximum absolute atomic E-state index is 13.0. The van der Waals surface area contributed by atoms with Crippen molar-refractivity contribution in [2.75, 3.05) is 0 Å². The molecule has 7 nitrogen and oxygen atoms in total. The molecule has 0 radical (unpaired) electrons. The lowest BCUT2D eigenvalue weighted by atomic mass is 9.91. The molecular formula is C18H23N3O4S. The number of aryl methyl sites for hydroxylation is 1. The average molecular weight is 377 g/mol. The summed E-state index contributed by atoms with van der Waals surface area (Å²) in [6, 6.07) is 5.94. The number of nitrogens with one attached hydrogen (secondary N) is 1. The molecule has 1 N–H and O–H groups in total. The summed E-state index contributed by atoms with van der Waals surface area (Å²) < 4.78 is 34.0. The van der Waals surface area contributed by atoms with Gasteiger partial charge in [0.1, 0.15) is 0 Å². The molecule has 0 spiro atoms. The van der Waals surface area contributed by atoms with Crippen LogP contribution in [0.1, 0.15) is 67.5 Å². The molecule has 8 heteroatoms. The van der Waals surface area contributed by atoms with Gasteiger partial charge in [-0.15, -0.1) is 0 Å². The first-order valence-corrected chi connectivity index (χ1v) is 10.3. The Labute approximate surface area is 153 Å². The van der Waals surface area contributed by atoms with Crippen LogP contribution in [0.3, 0.4) is 0 Å². The fourth-order valence-corrected chi connectivity index (χ4v) is 4.80. The molecule has 0 amide bonds. The zero-order valence-corrected chi connectivity index (χ0v) is 15.8. The van der Waals surface area contributed by atoms with Gasteiger partial charge in [-0.05, 0) is 31.9 Å². The number of sulfonamides is 1. The van der Waals surface area contributed by atoms with E-state index in [-0.39, 0.29) is 10.7 Å². The Bertz CT molecular complexity index is 879. The van der Waals surface area contributed by atoms with E-state index in [9.17, 15) is 13.2 Å². The molecule has 2 aromatic rings. The van der Waals surface area contributed by atoms with Crippen LogP contribution in [-0.2, 0) is 15.6 Å². The Hall–Kier alpha value is -2.06. The monoisotopic (exact) mass is 377 g/mol. The van der Waals surface area contributed by atoms with Crippen LogP contribution in [0.4, 0.5) is 0 Å². The minimum Gasteiger partial charge on any atom is -0.340 e. The molecule has 1 aromatic carbocycles. The summed E-state index contributed by atoms with van der Waals surface area (Å²) in [4.78, 5) is 15.8. The molecule has 1 aromatic heterocycles. The van der Waals surface area contributed by atoms with Crippen molar-refractivity contribution in [2.24, 2.45) is 0 Å². The van der Waals surface area contributed by atoms with E-state index in [2.05, 4.69) is 14.9 Å². The Morgan fingerprint density at radius 3 is 2.23 bits per heavy atom. The van der Waals surface area contributed by atoms with E-state index in [4.69, 9.17) is 4.52 Å². The van der Waals surface area contributed by atoms with Crippen molar-refractivity contribution in [1.29, 1.82) is 0 Å². The summed E-state index contributed by atoms with van der Waals surface area (Å²) in [5.41, 5.74) is -0.395. The van der Waals surface area contributed by atoms with Gasteiger partial charge in [-0.2, -0.15) is 9.71 Å². The van der Waals surface area contributed by atoms with E-state index >= 15 is 0 Å². The van der Waals surface area contributed by atoms with Gasteiger partial charge in [-0.25, -0.2) is 8.42 Å². The van der Waals surface area contributed by atoms with Gasteiger partial charge in [0.2, 0.25) is 15.9 Å². The van der Waals surface area contributed by atoms with E-state index in [0.29, 0.717) is 30.1 Å². The normalized spacial score (nSPS) is 17.6. The van der Waals surface area contributed by atoms with E-state index in [1.807, 2.05) is 0 Å². The molecular weight excluding hydrogens is 354 g/mol. The predicted octanol–water partition coefficient (Wildman–Crippen LogP) is 3.11. The van der Waals surface area contributed by atoms with Crippen LogP contribution in [0.15, 0.2) is 33.7 Å². The second-order valence-corrected chi connectivity index (χ2v) is 8.50. The Morgan fingerprint density at radius 2 is 1.73 bits per heavy atom. The van der Waals surface area contributed by atoms with Gasteiger partial charge >= 0.3 is 0 Å². The summed E-state index contributed by atoms with van der Waals surface area (Å²) in [5, 5.41) is 4.01. The molecule has 140 valence electrons. The van der Waals surface area contributed by atoms with Crippen molar-refractivity contribution in [3.63, 3.8) is 0 Å². The first-order valence-electron chi connectivity index (χ1n) is 8.78. The van der Waals surface area contributed by atoms with Crippen molar-refractivity contribution < 1.29 is 17.7 Å². The molecule has 1 aliphatic rings. The predicted molar refractivity (Wildman–Crippen MR) is 95.2 cm³/mol. The molecule has 0 aliphatic heterocycles. The number of hydrogen-bond acceptors (Lipinski definition) is 6. The fourth-order valence-electron chi connectivity index (χ4n) is 3.38. The van der Waals surface area contributed by atoms with Crippen LogP contribution < -0.4 is 4.72 Å². The first kappa shape index (κ1) is 18.7. The zero-order chi connectivity index (χ0) is 18.8. The highest BCUT2D eigenvalue weighted by atomic mass is 32.2. The number of aromatic nitrogens is 2. The Kier molecular flexibility index (Phi) is 5.24. The SMILES string of the molecule is CC(=O)c1ccc(S(=O)(=O)NC2(c3noc(C)n3)CCCCCC2)cc1. The minimum atomic E-state index is -3.80. The number of carbonyl (C=O) groups is 1. The second-order valence-electron chi connectivity index (χ2n) is 6.82. The van der Waals surface area contributed by atoms with Crippen LogP contribution in [-0.4, -0.2) is 24.3 Å². The number of rotatable bonds is 5. The molecule has 3 rings (SSSR count). The average Bonchev–Trinajstić information content (AvgIpc) is 2.91. The lowest BCUT2D eigenvalue weighted by Crippen LogP contribution is -2.46. The molecule has 26 heavy (non-hydrogen) atoms. The van der Waals surface area contributed by atoms with Gasteiger partial charge in [0.05, 0.1) is 10.4 Å². The smallest absolute Gasteiger partial charge is 0.241 e. The quantitative estimate of drug-likeness (QED) is 0.634. The Morgan fingerprint density at radius 1 is 1.12 bits per heavy atom. The van der Waals surface area contributed by atoms with Crippen LogP contribution in [0.25, 0.3) is 0 Å². The van der Waals surface area contributed by atoms with Crippen LogP contribution in [0.2, 0.25) is 0 Å². The fraction of sp³-hybridized carbons (Fsp3) is 0.500. The van der Waals surface area contributed by atoms with Crippen molar-refractivity contribution in [3.8, 4) is 0 Å². The molecule has 0 saturated heterocycles. The molecule has 1 aliphatic carbocycles. The summed E-state index contributed by atoms with van der Waals surface area (Å²) in [5.74, 6) is 0.693. The van der Waals surface area contributed by atoms with Gasteiger partial charge in [-0.3, -0.25) is 4.79 Å². The maximum Gasteiger partial charge on any atom is 0.241 e. The Balaban J connectivity index is 1.96. The van der Waals surface area contributed by atoms with E-state index in [0.717, 1.165) is 25.7 Å². The molecule has 1 fully saturated rings. The highest BCUT2D eigenvalue weighted by Gasteiger charge is 2.41. The molecule has 1 heterocycles. The van der Waals surface area contributed by atoms with Gasteiger partial charge in [0.15, 0.2) is 11.6 Å². The van der Waals surface area contributed by atoms with Gasteiger partial charge in [0, 0.05) is 12.5 Å². The van der Waals surface area contributed by atoms with Gasteiger partial charge in [-0.1, -0.05) is 43.0 Å². The van der Waals surface area contributed by atoms with Crippen molar-refractivity contribution >= 4 is 15.8 Å². The topological polar surface area (TPSA) is 102 Å². The van der Waals surface area contributed by atoms with E-state index in [1.54, 1.807) is 6.92 Å². The number of carbonyl (C=O) groups excluding carboxylic acids is 1. The largest absolute Gasteiger partial charge is 0.340 e. The maximum atomic E-state index is 13.0. The third kappa shape index (κ3) is 3.86. The standard InChI is InChI=1S/C18H23N3O4S/c1-13(22)15-7-9-16(10-8-15)26(23,24)21-18(11-5-3-4-6-12-18)17-19-14(2)25-20-17/h7-10,21H,3-6,11-12H2,1-2H3. The van der Waals surface area contributed by atoms with Crippen molar-refractivity contribution in [3.05, 3.63) is 41.5 Å². The lowest BCUT2D eigenvalue weighted by molar-refractivity contribution is 0.101. The molecule has 0 atom stereocenters. The van der Waals surface area contributed by atoms with E-state index < -0.39 is 15.6 Å². The zero-order valence-electron chi connectivity index (χ0n) is 15.0. The summed E-state index contributed by atoms with van der Waals surface area (Å²) >= 11 is 0. The number of Topliss-reactive ketones (excluding diaryl/α,β-unsaturated/α-hetero) is 1. The number of hydrogen-bond donors (Lipinski definition) is 1. The molecule has 0 unspecified atom stereocenters. The lowest BCUT2D eigenvalue weighted by Gasteiger charge is -2.30. The minimum absolute atomic E-state index is 0.107. The third-order valence-electron chi connectivity index (χ3n) is 4.81. The third-order valence-corrected chi connectivity index (χ3v) is 6.37. The van der Waals surface area contributed by atoms with Crippen LogP contribution >= 0.6 is 0 Å². The van der Waals surface area contributed by atoms with Gasteiger partial charge in [0.25, 0.3) is 0 Å². The van der Waals surface area contributed by atoms with E-state index in [1.165, 1.54) is 31.2 Å². The van der Waals surface area contributed by atoms with Crippen molar-refractivity contribution in [1.82, 2.24) is 14.9 Å². The highest BCUT2D eigenvalue weighted by Crippen LogP contribution is 2.36. The van der Waals surface area contributed by atoms with Crippen LogP contribution in [0.5, 0.6) is 0 Å². The second kappa shape index (κ2) is 7.28.